The zero-order chi connectivity index (χ0) is 15.5. The molecule has 0 atom stereocenters. The highest BCUT2D eigenvalue weighted by atomic mass is 32.2. The van der Waals surface area contributed by atoms with E-state index in [1.54, 1.807) is 0 Å². The number of sulfonamides is 1. The van der Waals surface area contributed by atoms with Gasteiger partial charge < -0.3 is 10.1 Å². The van der Waals surface area contributed by atoms with Gasteiger partial charge in [0.25, 0.3) is 0 Å². The molecule has 120 valence electrons. The van der Waals surface area contributed by atoms with E-state index >= 15 is 0 Å². The smallest absolute Gasteiger partial charge is 0.242 e. The Morgan fingerprint density at radius 1 is 1.38 bits per heavy atom. The highest BCUT2D eigenvalue weighted by Crippen LogP contribution is 2.29. The van der Waals surface area contributed by atoms with Gasteiger partial charge in [0.15, 0.2) is 0 Å². The van der Waals surface area contributed by atoms with Crippen molar-refractivity contribution in [1.82, 2.24) is 10.0 Å². The molecule has 0 saturated carbocycles. The third-order valence-electron chi connectivity index (χ3n) is 3.77. The molecule has 1 saturated heterocycles. The molecule has 7 heteroatoms. The van der Waals surface area contributed by atoms with Crippen LogP contribution in [0.25, 0.3) is 0 Å². The van der Waals surface area contributed by atoms with E-state index in [-0.39, 0.29) is 0 Å². The average Bonchev–Trinajstić information content (AvgIpc) is 2.78. The van der Waals surface area contributed by atoms with E-state index in [2.05, 4.69) is 10.0 Å². The lowest BCUT2D eigenvalue weighted by Gasteiger charge is -2.34. The van der Waals surface area contributed by atoms with Crippen LogP contribution in [0.1, 0.15) is 37.1 Å². The van der Waals surface area contributed by atoms with E-state index in [1.165, 1.54) is 11.3 Å². The lowest BCUT2D eigenvalue weighted by molar-refractivity contribution is 0.0537. The second kappa shape index (κ2) is 6.75. The second-order valence-electron chi connectivity index (χ2n) is 5.73. The van der Waals surface area contributed by atoms with Gasteiger partial charge in [-0.3, -0.25) is 0 Å². The van der Waals surface area contributed by atoms with Crippen LogP contribution in [-0.4, -0.2) is 33.7 Å². The Morgan fingerprint density at radius 2 is 2.05 bits per heavy atom. The standard InChI is InChI=1S/C14H24N2O3S2/c1-4-15-9-12-13(11(2)10-20-12)21(17,18)16-14(3)5-7-19-8-6-14/h10,15-16H,4-9H2,1-3H3. The van der Waals surface area contributed by atoms with Gasteiger partial charge in [-0.15, -0.1) is 11.3 Å². The summed E-state index contributed by atoms with van der Waals surface area (Å²) < 4.78 is 33.8. The highest BCUT2D eigenvalue weighted by Gasteiger charge is 2.34. The average molecular weight is 332 g/mol. The maximum Gasteiger partial charge on any atom is 0.242 e. The Morgan fingerprint density at radius 3 is 2.67 bits per heavy atom. The van der Waals surface area contributed by atoms with Crippen LogP contribution in [0, 0.1) is 6.92 Å². The summed E-state index contributed by atoms with van der Waals surface area (Å²) in [5, 5.41) is 5.11. The minimum absolute atomic E-state index is 0.416. The van der Waals surface area contributed by atoms with Gasteiger partial charge in [-0.2, -0.15) is 0 Å². The first-order valence-corrected chi connectivity index (χ1v) is 9.64. The van der Waals surface area contributed by atoms with Gasteiger partial charge in [-0.05, 0) is 44.2 Å². The van der Waals surface area contributed by atoms with Gasteiger partial charge in [-0.1, -0.05) is 6.92 Å². The fourth-order valence-electron chi connectivity index (χ4n) is 2.51. The minimum atomic E-state index is -3.50. The Hall–Kier alpha value is -0.470. The summed E-state index contributed by atoms with van der Waals surface area (Å²) in [6, 6.07) is 0. The van der Waals surface area contributed by atoms with Gasteiger partial charge in [0, 0.05) is 30.2 Å². The monoisotopic (exact) mass is 332 g/mol. The third-order valence-corrected chi connectivity index (χ3v) is 6.87. The van der Waals surface area contributed by atoms with Crippen molar-refractivity contribution in [1.29, 1.82) is 0 Å². The molecule has 0 unspecified atom stereocenters. The van der Waals surface area contributed by atoms with Gasteiger partial charge in [-0.25, -0.2) is 13.1 Å². The molecule has 5 nitrogen and oxygen atoms in total. The molecule has 1 aromatic heterocycles. The normalized spacial score (nSPS) is 18.8. The van der Waals surface area contributed by atoms with Crippen LogP contribution in [0.4, 0.5) is 0 Å². The van der Waals surface area contributed by atoms with E-state index in [0.29, 0.717) is 37.5 Å². The van der Waals surface area contributed by atoms with Crippen molar-refractivity contribution in [2.75, 3.05) is 19.8 Å². The molecule has 0 spiro atoms. The van der Waals surface area contributed by atoms with Crippen LogP contribution in [0.5, 0.6) is 0 Å². The molecule has 0 bridgehead atoms. The van der Waals surface area contributed by atoms with Gasteiger partial charge in [0.1, 0.15) is 4.90 Å². The van der Waals surface area contributed by atoms with Crippen molar-refractivity contribution in [3.05, 3.63) is 15.8 Å². The molecule has 0 amide bonds. The molecule has 0 aliphatic carbocycles. The first-order valence-electron chi connectivity index (χ1n) is 7.27. The molecule has 1 fully saturated rings. The number of thiophene rings is 1. The molecule has 2 N–H and O–H groups in total. The van der Waals surface area contributed by atoms with Crippen LogP contribution in [-0.2, 0) is 21.3 Å². The predicted octanol–water partition coefficient (Wildman–Crippen LogP) is 2.01. The number of rotatable bonds is 6. The lowest BCUT2D eigenvalue weighted by atomic mass is 9.94. The fraction of sp³-hybridized carbons (Fsp3) is 0.714. The Kier molecular flexibility index (Phi) is 5.43. The Bertz CT molecular complexity index is 575. The van der Waals surface area contributed by atoms with Gasteiger partial charge in [0.2, 0.25) is 10.0 Å². The summed E-state index contributed by atoms with van der Waals surface area (Å²) >= 11 is 1.50. The summed E-state index contributed by atoms with van der Waals surface area (Å²) in [7, 11) is -3.50. The van der Waals surface area contributed by atoms with Crippen molar-refractivity contribution in [3.8, 4) is 0 Å². The molecular weight excluding hydrogens is 308 g/mol. The zero-order valence-electron chi connectivity index (χ0n) is 12.9. The van der Waals surface area contributed by atoms with Gasteiger partial charge >= 0.3 is 0 Å². The Balaban J connectivity index is 2.24. The largest absolute Gasteiger partial charge is 0.381 e. The summed E-state index contributed by atoms with van der Waals surface area (Å²) in [5.41, 5.74) is 0.400. The maximum atomic E-state index is 12.8. The number of hydrogen-bond acceptors (Lipinski definition) is 5. The van der Waals surface area contributed by atoms with E-state index in [1.807, 2.05) is 26.2 Å². The van der Waals surface area contributed by atoms with E-state index in [4.69, 9.17) is 4.74 Å². The highest BCUT2D eigenvalue weighted by molar-refractivity contribution is 7.89. The summed E-state index contributed by atoms with van der Waals surface area (Å²) in [5.74, 6) is 0. The van der Waals surface area contributed by atoms with E-state index in [0.717, 1.165) is 17.0 Å². The first-order chi connectivity index (χ1) is 9.88. The zero-order valence-corrected chi connectivity index (χ0v) is 14.5. The predicted molar refractivity (Wildman–Crippen MR) is 85.2 cm³/mol. The molecule has 1 aromatic rings. The SMILES string of the molecule is CCNCc1scc(C)c1S(=O)(=O)NC1(C)CCOCC1. The fourth-order valence-corrected chi connectivity index (χ4v) is 5.76. The quantitative estimate of drug-likeness (QED) is 0.836. The summed E-state index contributed by atoms with van der Waals surface area (Å²) in [6.07, 6.45) is 1.41. The third kappa shape index (κ3) is 4.04. The number of ether oxygens (including phenoxy) is 1. The van der Waals surface area contributed by atoms with Crippen molar-refractivity contribution in [2.24, 2.45) is 0 Å². The number of aryl methyl sites for hydroxylation is 1. The molecular formula is C14H24N2O3S2. The molecule has 2 heterocycles. The van der Waals surface area contributed by atoms with Crippen molar-refractivity contribution in [3.63, 3.8) is 0 Å². The summed E-state index contributed by atoms with van der Waals surface area (Å²) in [4.78, 5) is 1.32. The molecule has 1 aliphatic heterocycles. The maximum absolute atomic E-state index is 12.8. The molecule has 21 heavy (non-hydrogen) atoms. The molecule has 0 radical (unpaired) electrons. The first kappa shape index (κ1) is 16.9. The number of hydrogen-bond donors (Lipinski definition) is 2. The summed E-state index contributed by atoms with van der Waals surface area (Å²) in [6.45, 7) is 8.43. The van der Waals surface area contributed by atoms with Crippen LogP contribution >= 0.6 is 11.3 Å². The van der Waals surface area contributed by atoms with Crippen molar-refractivity contribution >= 4 is 21.4 Å². The molecule has 0 aromatic carbocycles. The van der Waals surface area contributed by atoms with Crippen LogP contribution in [0.3, 0.4) is 0 Å². The van der Waals surface area contributed by atoms with E-state index < -0.39 is 15.6 Å². The molecule has 1 aliphatic rings. The number of nitrogens with one attached hydrogen (secondary N) is 2. The van der Waals surface area contributed by atoms with E-state index in [9.17, 15) is 8.42 Å². The van der Waals surface area contributed by atoms with Crippen molar-refractivity contribution < 1.29 is 13.2 Å². The van der Waals surface area contributed by atoms with Gasteiger partial charge in [0.05, 0.1) is 0 Å². The van der Waals surface area contributed by atoms with Crippen LogP contribution < -0.4 is 10.0 Å². The second-order valence-corrected chi connectivity index (χ2v) is 8.31. The van der Waals surface area contributed by atoms with Crippen molar-refractivity contribution in [2.45, 2.75) is 50.6 Å². The lowest BCUT2D eigenvalue weighted by Crippen LogP contribution is -2.49. The Labute approximate surface area is 131 Å². The van der Waals surface area contributed by atoms with Crippen LogP contribution in [0.15, 0.2) is 10.3 Å². The topological polar surface area (TPSA) is 67.4 Å². The minimum Gasteiger partial charge on any atom is -0.381 e. The van der Waals surface area contributed by atoms with Crippen LogP contribution in [0.2, 0.25) is 0 Å². The molecule has 2 rings (SSSR count).